The molecule has 1 heterocycles. The molecule has 0 saturated heterocycles. The maximum atomic E-state index is 11.8. The summed E-state index contributed by atoms with van der Waals surface area (Å²) in [6, 6.07) is 9.09. The predicted octanol–water partition coefficient (Wildman–Crippen LogP) is 3.31. The number of ether oxygens (including phenoxy) is 1. The van der Waals surface area contributed by atoms with Crippen molar-refractivity contribution in [1.82, 2.24) is 9.78 Å². The van der Waals surface area contributed by atoms with Crippen LogP contribution >= 0.6 is 11.6 Å². The summed E-state index contributed by atoms with van der Waals surface area (Å²) in [7, 11) is 0. The first-order valence-corrected chi connectivity index (χ1v) is 6.86. The molecule has 5 heteroatoms. The van der Waals surface area contributed by atoms with E-state index in [1.807, 2.05) is 30.8 Å². The van der Waals surface area contributed by atoms with Gasteiger partial charge in [-0.1, -0.05) is 11.6 Å². The Morgan fingerprint density at radius 2 is 2.00 bits per heavy atom. The van der Waals surface area contributed by atoms with Gasteiger partial charge in [-0.05, 0) is 44.2 Å². The van der Waals surface area contributed by atoms with Crippen LogP contribution in [0.2, 0.25) is 5.02 Å². The maximum Gasteiger partial charge on any atom is 0.176 e. The lowest BCUT2D eigenvalue weighted by molar-refractivity contribution is -0.120. The van der Waals surface area contributed by atoms with Gasteiger partial charge >= 0.3 is 0 Å². The molecule has 1 aromatic carbocycles. The normalized spacial score (nSPS) is 10.8. The van der Waals surface area contributed by atoms with Crippen LogP contribution in [0.4, 0.5) is 0 Å². The molecule has 0 fully saturated rings. The Labute approximate surface area is 123 Å². The minimum Gasteiger partial charge on any atom is -0.486 e. The number of carbonyl (C=O) groups excluding carboxylic acids is 1. The standard InChI is InChI=1S/C15H17ClN2O2/c1-11(2)18-8-7-13(17-18)9-14(19)10-20-15-5-3-12(16)4-6-15/h3-8,11H,9-10H2,1-2H3. The van der Waals surface area contributed by atoms with E-state index in [1.54, 1.807) is 24.3 Å². The van der Waals surface area contributed by atoms with Gasteiger partial charge in [0.15, 0.2) is 5.78 Å². The zero-order chi connectivity index (χ0) is 14.5. The fourth-order valence-electron chi connectivity index (χ4n) is 1.71. The summed E-state index contributed by atoms with van der Waals surface area (Å²) in [4.78, 5) is 11.8. The van der Waals surface area contributed by atoms with E-state index in [4.69, 9.17) is 16.3 Å². The number of carbonyl (C=O) groups is 1. The van der Waals surface area contributed by atoms with Crippen LogP contribution < -0.4 is 4.74 Å². The first-order chi connectivity index (χ1) is 9.54. The summed E-state index contributed by atoms with van der Waals surface area (Å²) < 4.78 is 7.24. The molecule has 2 aromatic rings. The Bertz CT molecular complexity index is 576. The number of rotatable bonds is 6. The van der Waals surface area contributed by atoms with E-state index in [0.29, 0.717) is 16.8 Å². The van der Waals surface area contributed by atoms with Crippen LogP contribution in [-0.2, 0) is 11.2 Å². The van der Waals surface area contributed by atoms with E-state index >= 15 is 0 Å². The first kappa shape index (κ1) is 14.6. The van der Waals surface area contributed by atoms with E-state index in [0.717, 1.165) is 5.69 Å². The summed E-state index contributed by atoms with van der Waals surface area (Å²) in [6.07, 6.45) is 2.17. The Kier molecular flexibility index (Phi) is 4.79. The second-order valence-electron chi connectivity index (χ2n) is 4.84. The van der Waals surface area contributed by atoms with Crippen molar-refractivity contribution in [2.24, 2.45) is 0 Å². The van der Waals surface area contributed by atoms with Gasteiger partial charge in [-0.2, -0.15) is 5.10 Å². The van der Waals surface area contributed by atoms with Crippen molar-refractivity contribution in [3.05, 3.63) is 47.2 Å². The molecule has 0 N–H and O–H groups in total. The number of nitrogens with zero attached hydrogens (tertiary/aromatic N) is 2. The molecular formula is C15H17ClN2O2. The number of halogens is 1. The van der Waals surface area contributed by atoms with Crippen molar-refractivity contribution in [1.29, 1.82) is 0 Å². The Morgan fingerprint density at radius 3 is 2.60 bits per heavy atom. The van der Waals surface area contributed by atoms with E-state index in [2.05, 4.69) is 5.10 Å². The summed E-state index contributed by atoms with van der Waals surface area (Å²) in [6.45, 7) is 4.13. The summed E-state index contributed by atoms with van der Waals surface area (Å²) in [5.41, 5.74) is 0.767. The highest BCUT2D eigenvalue weighted by molar-refractivity contribution is 6.30. The van der Waals surface area contributed by atoms with Crippen LogP contribution in [0.1, 0.15) is 25.6 Å². The number of hydrogen-bond acceptors (Lipinski definition) is 3. The molecule has 4 nitrogen and oxygen atoms in total. The highest BCUT2D eigenvalue weighted by Gasteiger charge is 2.08. The lowest BCUT2D eigenvalue weighted by Crippen LogP contribution is -2.14. The van der Waals surface area contributed by atoms with Crippen molar-refractivity contribution < 1.29 is 9.53 Å². The fourth-order valence-corrected chi connectivity index (χ4v) is 1.83. The Balaban J connectivity index is 1.84. The third-order valence-electron chi connectivity index (χ3n) is 2.78. The molecule has 0 amide bonds. The molecule has 106 valence electrons. The van der Waals surface area contributed by atoms with Crippen LogP contribution in [0.3, 0.4) is 0 Å². The number of Topliss-reactive ketones (excluding diaryl/α,β-unsaturated/α-hetero) is 1. The molecule has 0 aliphatic heterocycles. The first-order valence-electron chi connectivity index (χ1n) is 6.48. The average molecular weight is 293 g/mol. The number of benzene rings is 1. The minimum absolute atomic E-state index is 0.00560. The molecule has 0 spiro atoms. The van der Waals surface area contributed by atoms with E-state index in [1.165, 1.54) is 0 Å². The molecule has 20 heavy (non-hydrogen) atoms. The van der Waals surface area contributed by atoms with Gasteiger partial charge in [-0.15, -0.1) is 0 Å². The Morgan fingerprint density at radius 1 is 1.30 bits per heavy atom. The third kappa shape index (κ3) is 4.10. The second kappa shape index (κ2) is 6.57. The van der Waals surface area contributed by atoms with Crippen LogP contribution in [0.25, 0.3) is 0 Å². The third-order valence-corrected chi connectivity index (χ3v) is 3.04. The highest BCUT2D eigenvalue weighted by Crippen LogP contribution is 2.15. The van der Waals surface area contributed by atoms with Crippen molar-refractivity contribution in [2.45, 2.75) is 26.3 Å². The van der Waals surface area contributed by atoms with Gasteiger partial charge in [0, 0.05) is 17.3 Å². The van der Waals surface area contributed by atoms with Crippen molar-refractivity contribution in [3.63, 3.8) is 0 Å². The van der Waals surface area contributed by atoms with Gasteiger partial charge in [0.05, 0.1) is 12.1 Å². The van der Waals surface area contributed by atoms with Gasteiger partial charge in [0.25, 0.3) is 0 Å². The topological polar surface area (TPSA) is 44.1 Å². The van der Waals surface area contributed by atoms with Crippen LogP contribution in [-0.4, -0.2) is 22.2 Å². The monoisotopic (exact) mass is 292 g/mol. The molecule has 0 radical (unpaired) electrons. The Hall–Kier alpha value is -1.81. The largest absolute Gasteiger partial charge is 0.486 e. The van der Waals surface area contributed by atoms with E-state index < -0.39 is 0 Å². The quantitative estimate of drug-likeness (QED) is 0.820. The molecule has 0 aliphatic rings. The SMILES string of the molecule is CC(C)n1ccc(CC(=O)COc2ccc(Cl)cc2)n1. The summed E-state index contributed by atoms with van der Waals surface area (Å²) in [5, 5.41) is 4.98. The van der Waals surface area contributed by atoms with E-state index in [-0.39, 0.29) is 18.8 Å². The molecule has 0 atom stereocenters. The zero-order valence-corrected chi connectivity index (χ0v) is 12.3. The number of hydrogen-bond donors (Lipinski definition) is 0. The van der Waals surface area contributed by atoms with Gasteiger partial charge in [-0.25, -0.2) is 0 Å². The van der Waals surface area contributed by atoms with Crippen LogP contribution in [0.5, 0.6) is 5.75 Å². The van der Waals surface area contributed by atoms with Crippen LogP contribution in [0, 0.1) is 0 Å². The van der Waals surface area contributed by atoms with Gasteiger partial charge in [-0.3, -0.25) is 9.48 Å². The lowest BCUT2D eigenvalue weighted by Gasteiger charge is -2.05. The van der Waals surface area contributed by atoms with Crippen molar-refractivity contribution in [2.75, 3.05) is 6.61 Å². The number of aromatic nitrogens is 2. The maximum absolute atomic E-state index is 11.8. The molecule has 0 saturated carbocycles. The fraction of sp³-hybridized carbons (Fsp3) is 0.333. The van der Waals surface area contributed by atoms with Crippen molar-refractivity contribution in [3.8, 4) is 5.75 Å². The number of ketones is 1. The smallest absolute Gasteiger partial charge is 0.176 e. The van der Waals surface area contributed by atoms with Gasteiger partial charge < -0.3 is 4.74 Å². The van der Waals surface area contributed by atoms with Crippen molar-refractivity contribution >= 4 is 17.4 Å². The molecule has 0 aliphatic carbocycles. The van der Waals surface area contributed by atoms with Crippen LogP contribution in [0.15, 0.2) is 36.5 Å². The van der Waals surface area contributed by atoms with E-state index in [9.17, 15) is 4.79 Å². The molecule has 1 aromatic heterocycles. The molecular weight excluding hydrogens is 276 g/mol. The molecule has 0 bridgehead atoms. The molecule has 2 rings (SSSR count). The molecule has 0 unspecified atom stereocenters. The average Bonchev–Trinajstić information content (AvgIpc) is 2.87. The zero-order valence-electron chi connectivity index (χ0n) is 11.5. The summed E-state index contributed by atoms with van der Waals surface area (Å²) in [5.74, 6) is 0.629. The highest BCUT2D eigenvalue weighted by atomic mass is 35.5. The lowest BCUT2D eigenvalue weighted by atomic mass is 10.2. The van der Waals surface area contributed by atoms with Gasteiger partial charge in [0.1, 0.15) is 12.4 Å². The minimum atomic E-state index is -0.00560. The summed E-state index contributed by atoms with van der Waals surface area (Å²) >= 11 is 5.78. The second-order valence-corrected chi connectivity index (χ2v) is 5.28. The predicted molar refractivity (Wildman–Crippen MR) is 78.3 cm³/mol. The van der Waals surface area contributed by atoms with Gasteiger partial charge in [0.2, 0.25) is 0 Å².